The summed E-state index contributed by atoms with van der Waals surface area (Å²) in [5.41, 5.74) is 1.48. The molecule has 0 aromatic heterocycles. The Morgan fingerprint density at radius 2 is 2.15 bits per heavy atom. The quantitative estimate of drug-likeness (QED) is 0.653. The van der Waals surface area contributed by atoms with Crippen LogP contribution in [0.5, 0.6) is 0 Å². The molecular weight excluding hydrogens is 187 g/mol. The second kappa shape index (κ2) is 4.61. The van der Waals surface area contributed by atoms with Crippen molar-refractivity contribution in [2.45, 2.75) is 32.1 Å². The Morgan fingerprint density at radius 1 is 1.46 bits per heavy atom. The number of halogens is 2. The predicted octanol–water partition coefficient (Wildman–Crippen LogP) is 3.69. The fourth-order valence-electron chi connectivity index (χ4n) is 1.26. The molecule has 0 amide bonds. The topological polar surface area (TPSA) is 0 Å². The van der Waals surface area contributed by atoms with Crippen LogP contribution in [0.25, 0.3) is 0 Å². The summed E-state index contributed by atoms with van der Waals surface area (Å²) in [4.78, 5) is 0. The number of hydrogen-bond donors (Lipinski definition) is 0. The maximum atomic E-state index is 13.4. The monoisotopic (exact) mass is 200 g/mol. The average Bonchev–Trinajstić information content (AvgIpc) is 2.07. The van der Waals surface area contributed by atoms with Crippen LogP contribution in [0.15, 0.2) is 18.2 Å². The van der Waals surface area contributed by atoms with Gasteiger partial charge in [-0.25, -0.2) is 4.39 Å². The zero-order valence-corrected chi connectivity index (χ0v) is 8.74. The molecule has 0 saturated heterocycles. The summed E-state index contributed by atoms with van der Waals surface area (Å²) < 4.78 is 13.4. The second-order valence-electron chi connectivity index (χ2n) is 3.37. The first kappa shape index (κ1) is 10.5. The zero-order valence-electron chi connectivity index (χ0n) is 7.98. The zero-order chi connectivity index (χ0) is 9.84. The SMILES string of the molecule is Cc1cccc(CCC(C)Cl)c1F. The molecule has 0 heterocycles. The summed E-state index contributed by atoms with van der Waals surface area (Å²) in [7, 11) is 0. The molecule has 1 aromatic rings. The highest BCUT2D eigenvalue weighted by molar-refractivity contribution is 6.20. The molecule has 0 aliphatic rings. The van der Waals surface area contributed by atoms with E-state index in [1.807, 2.05) is 19.1 Å². The van der Waals surface area contributed by atoms with Crippen LogP contribution in [-0.4, -0.2) is 5.38 Å². The van der Waals surface area contributed by atoms with Crippen molar-refractivity contribution in [1.29, 1.82) is 0 Å². The van der Waals surface area contributed by atoms with Crippen LogP contribution in [0.1, 0.15) is 24.5 Å². The minimum atomic E-state index is -0.0835. The molecule has 1 unspecified atom stereocenters. The first-order chi connectivity index (χ1) is 6.11. The molecule has 13 heavy (non-hydrogen) atoms. The first-order valence-electron chi connectivity index (χ1n) is 4.49. The average molecular weight is 201 g/mol. The van der Waals surface area contributed by atoms with Crippen molar-refractivity contribution >= 4 is 11.6 Å². The molecule has 0 saturated carbocycles. The van der Waals surface area contributed by atoms with Gasteiger partial charge >= 0.3 is 0 Å². The van der Waals surface area contributed by atoms with Crippen LogP contribution in [0.2, 0.25) is 0 Å². The van der Waals surface area contributed by atoms with E-state index in [-0.39, 0.29) is 11.2 Å². The predicted molar refractivity (Wildman–Crippen MR) is 54.8 cm³/mol. The highest BCUT2D eigenvalue weighted by Crippen LogP contribution is 2.15. The summed E-state index contributed by atoms with van der Waals surface area (Å²) in [6.45, 7) is 3.71. The van der Waals surface area contributed by atoms with E-state index in [4.69, 9.17) is 11.6 Å². The summed E-state index contributed by atoms with van der Waals surface area (Å²) >= 11 is 5.80. The third-order valence-corrected chi connectivity index (χ3v) is 2.30. The third-order valence-electron chi connectivity index (χ3n) is 2.08. The highest BCUT2D eigenvalue weighted by Gasteiger charge is 2.05. The lowest BCUT2D eigenvalue weighted by Gasteiger charge is -2.06. The van der Waals surface area contributed by atoms with E-state index >= 15 is 0 Å². The third kappa shape index (κ3) is 3.00. The largest absolute Gasteiger partial charge is 0.206 e. The molecule has 72 valence electrons. The Kier molecular flexibility index (Phi) is 3.73. The normalized spacial score (nSPS) is 12.9. The number of hydrogen-bond acceptors (Lipinski definition) is 0. The van der Waals surface area contributed by atoms with E-state index < -0.39 is 0 Å². The molecule has 0 N–H and O–H groups in total. The molecule has 1 atom stereocenters. The first-order valence-corrected chi connectivity index (χ1v) is 4.93. The lowest BCUT2D eigenvalue weighted by Crippen LogP contribution is -1.98. The van der Waals surface area contributed by atoms with Crippen LogP contribution in [0.4, 0.5) is 4.39 Å². The van der Waals surface area contributed by atoms with E-state index in [2.05, 4.69) is 0 Å². The summed E-state index contributed by atoms with van der Waals surface area (Å²) in [5, 5.41) is 0.111. The number of aryl methyl sites for hydroxylation is 2. The van der Waals surface area contributed by atoms with Crippen LogP contribution >= 0.6 is 11.6 Å². The summed E-state index contributed by atoms with van der Waals surface area (Å²) in [5.74, 6) is -0.0835. The summed E-state index contributed by atoms with van der Waals surface area (Å²) in [6, 6.07) is 5.48. The lowest BCUT2D eigenvalue weighted by atomic mass is 10.1. The van der Waals surface area contributed by atoms with Gasteiger partial charge in [-0.3, -0.25) is 0 Å². The van der Waals surface area contributed by atoms with E-state index in [1.54, 1.807) is 13.0 Å². The Balaban J connectivity index is 2.71. The molecule has 0 aliphatic carbocycles. The van der Waals surface area contributed by atoms with Crippen molar-refractivity contribution in [3.05, 3.63) is 35.1 Å². The fourth-order valence-corrected chi connectivity index (χ4v) is 1.36. The maximum Gasteiger partial charge on any atom is 0.129 e. The Morgan fingerprint density at radius 3 is 2.77 bits per heavy atom. The van der Waals surface area contributed by atoms with E-state index in [1.165, 1.54) is 0 Å². The van der Waals surface area contributed by atoms with Crippen molar-refractivity contribution in [1.82, 2.24) is 0 Å². The van der Waals surface area contributed by atoms with Crippen LogP contribution in [0.3, 0.4) is 0 Å². The van der Waals surface area contributed by atoms with Gasteiger partial charge < -0.3 is 0 Å². The van der Waals surface area contributed by atoms with Gasteiger partial charge in [-0.05, 0) is 37.8 Å². The Labute approximate surface area is 83.7 Å². The molecule has 0 bridgehead atoms. The van der Waals surface area contributed by atoms with E-state index in [0.29, 0.717) is 5.56 Å². The van der Waals surface area contributed by atoms with Gasteiger partial charge in [0.15, 0.2) is 0 Å². The molecule has 0 aliphatic heterocycles. The smallest absolute Gasteiger partial charge is 0.129 e. The van der Waals surface area contributed by atoms with Gasteiger partial charge in [0, 0.05) is 5.38 Å². The van der Waals surface area contributed by atoms with Gasteiger partial charge in [-0.1, -0.05) is 18.2 Å². The van der Waals surface area contributed by atoms with Crippen molar-refractivity contribution in [2.24, 2.45) is 0 Å². The van der Waals surface area contributed by atoms with Crippen molar-refractivity contribution in [2.75, 3.05) is 0 Å². The van der Waals surface area contributed by atoms with Crippen molar-refractivity contribution in [3.8, 4) is 0 Å². The molecular formula is C11H14ClF. The number of alkyl halides is 1. The minimum absolute atomic E-state index is 0.0835. The molecule has 0 radical (unpaired) electrons. The van der Waals surface area contributed by atoms with Crippen molar-refractivity contribution < 1.29 is 4.39 Å². The highest BCUT2D eigenvalue weighted by atomic mass is 35.5. The van der Waals surface area contributed by atoms with Gasteiger partial charge in [-0.15, -0.1) is 11.6 Å². The van der Waals surface area contributed by atoms with Gasteiger partial charge in [-0.2, -0.15) is 0 Å². The van der Waals surface area contributed by atoms with E-state index in [9.17, 15) is 4.39 Å². The second-order valence-corrected chi connectivity index (χ2v) is 4.11. The molecule has 0 spiro atoms. The number of benzene rings is 1. The fraction of sp³-hybridized carbons (Fsp3) is 0.455. The van der Waals surface area contributed by atoms with E-state index in [0.717, 1.165) is 18.4 Å². The Hall–Kier alpha value is -0.560. The maximum absolute atomic E-state index is 13.4. The van der Waals surface area contributed by atoms with Crippen LogP contribution < -0.4 is 0 Å². The standard InChI is InChI=1S/C11H14ClF/c1-8-4-3-5-10(11(8)13)7-6-9(2)12/h3-5,9H,6-7H2,1-2H3. The molecule has 1 rings (SSSR count). The number of rotatable bonds is 3. The van der Waals surface area contributed by atoms with Crippen LogP contribution in [-0.2, 0) is 6.42 Å². The van der Waals surface area contributed by atoms with Gasteiger partial charge in [0.1, 0.15) is 5.82 Å². The lowest BCUT2D eigenvalue weighted by molar-refractivity contribution is 0.595. The van der Waals surface area contributed by atoms with Gasteiger partial charge in [0.2, 0.25) is 0 Å². The molecule has 1 aromatic carbocycles. The van der Waals surface area contributed by atoms with Crippen molar-refractivity contribution in [3.63, 3.8) is 0 Å². The molecule has 0 nitrogen and oxygen atoms in total. The summed E-state index contributed by atoms with van der Waals surface area (Å²) in [6.07, 6.45) is 1.54. The Bertz CT molecular complexity index is 281. The minimum Gasteiger partial charge on any atom is -0.206 e. The van der Waals surface area contributed by atoms with Crippen LogP contribution in [0, 0.1) is 12.7 Å². The molecule has 0 fully saturated rings. The van der Waals surface area contributed by atoms with Gasteiger partial charge in [0.05, 0.1) is 0 Å². The van der Waals surface area contributed by atoms with Gasteiger partial charge in [0.25, 0.3) is 0 Å². The molecule has 2 heteroatoms.